The van der Waals surface area contributed by atoms with Crippen molar-refractivity contribution in [3.8, 4) is 22.8 Å². The number of hydrogen-bond donors (Lipinski definition) is 1. The molecule has 2 N–H and O–H groups in total. The molecular weight excluding hydrogens is 321 g/mol. The van der Waals surface area contributed by atoms with Crippen LogP contribution in [0.5, 0.6) is 0 Å². The number of hydrogen-bond acceptors (Lipinski definition) is 6. The first-order valence-electron chi connectivity index (χ1n) is 8.26. The average molecular weight is 339 g/mol. The fourth-order valence-electron chi connectivity index (χ4n) is 3.00. The number of benzene rings is 1. The van der Waals surface area contributed by atoms with Gasteiger partial charge in [0.25, 0.3) is 5.89 Å². The lowest BCUT2D eigenvalue weighted by molar-refractivity contribution is 0.431. The van der Waals surface area contributed by atoms with Crippen LogP contribution < -0.4 is 10.6 Å². The molecule has 3 heterocycles. The Balaban J connectivity index is 1.67. The van der Waals surface area contributed by atoms with Crippen molar-refractivity contribution in [2.75, 3.05) is 18.0 Å². The second-order valence-electron chi connectivity index (χ2n) is 6.13. The smallest absolute Gasteiger partial charge is 0.261 e. The Kier molecular flexibility index (Phi) is 4.15. The van der Waals surface area contributed by atoms with Crippen LogP contribution in [0, 0.1) is 5.82 Å². The molecule has 0 spiro atoms. The zero-order valence-electron chi connectivity index (χ0n) is 13.6. The summed E-state index contributed by atoms with van der Waals surface area (Å²) >= 11 is 0. The molecule has 1 fully saturated rings. The SMILES string of the molecule is NC1CCN(c2ncccc2-c2nc(-c3cccc(F)c3)no2)CC1. The molecule has 1 aliphatic heterocycles. The number of pyridine rings is 1. The Morgan fingerprint density at radius 2 is 2.00 bits per heavy atom. The number of piperidine rings is 1. The van der Waals surface area contributed by atoms with Gasteiger partial charge in [0, 0.05) is 30.9 Å². The van der Waals surface area contributed by atoms with E-state index in [2.05, 4.69) is 20.0 Å². The van der Waals surface area contributed by atoms with Crippen molar-refractivity contribution < 1.29 is 8.91 Å². The molecule has 0 saturated carbocycles. The molecule has 1 saturated heterocycles. The summed E-state index contributed by atoms with van der Waals surface area (Å²) in [4.78, 5) is 11.1. The minimum absolute atomic E-state index is 0.242. The van der Waals surface area contributed by atoms with E-state index in [-0.39, 0.29) is 11.9 Å². The maximum atomic E-state index is 13.4. The summed E-state index contributed by atoms with van der Waals surface area (Å²) in [5.41, 5.74) is 7.33. The van der Waals surface area contributed by atoms with Crippen molar-refractivity contribution in [1.29, 1.82) is 0 Å². The van der Waals surface area contributed by atoms with Crippen molar-refractivity contribution in [3.63, 3.8) is 0 Å². The third-order valence-electron chi connectivity index (χ3n) is 4.37. The van der Waals surface area contributed by atoms with E-state index in [9.17, 15) is 4.39 Å². The van der Waals surface area contributed by atoms with Crippen LogP contribution in [-0.4, -0.2) is 34.3 Å². The standard InChI is InChI=1S/C18H18FN5O/c19-13-4-1-3-12(11-13)16-22-18(25-23-16)15-5-2-8-21-17(15)24-9-6-14(20)7-10-24/h1-5,8,11,14H,6-7,9-10,20H2. The van der Waals surface area contributed by atoms with Crippen LogP contribution in [0.25, 0.3) is 22.8 Å². The first kappa shape index (κ1) is 15.7. The highest BCUT2D eigenvalue weighted by molar-refractivity contribution is 5.71. The molecular formula is C18H18FN5O. The van der Waals surface area contributed by atoms with Crippen molar-refractivity contribution in [1.82, 2.24) is 15.1 Å². The van der Waals surface area contributed by atoms with Crippen LogP contribution in [0.15, 0.2) is 47.1 Å². The summed E-state index contributed by atoms with van der Waals surface area (Å²) in [5.74, 6) is 1.20. The molecule has 2 aromatic heterocycles. The first-order chi connectivity index (χ1) is 12.2. The summed E-state index contributed by atoms with van der Waals surface area (Å²) < 4.78 is 18.8. The Labute approximate surface area is 144 Å². The lowest BCUT2D eigenvalue weighted by Crippen LogP contribution is -2.40. The van der Waals surface area contributed by atoms with Gasteiger partial charge in [-0.3, -0.25) is 0 Å². The van der Waals surface area contributed by atoms with Crippen LogP contribution in [0.3, 0.4) is 0 Å². The third kappa shape index (κ3) is 3.23. The van der Waals surface area contributed by atoms with Gasteiger partial charge in [0.05, 0.1) is 5.56 Å². The molecule has 1 aromatic carbocycles. The minimum Gasteiger partial charge on any atom is -0.356 e. The van der Waals surface area contributed by atoms with Gasteiger partial charge >= 0.3 is 0 Å². The molecule has 0 amide bonds. The first-order valence-corrected chi connectivity index (χ1v) is 8.26. The molecule has 25 heavy (non-hydrogen) atoms. The second-order valence-corrected chi connectivity index (χ2v) is 6.13. The number of halogens is 1. The van der Waals surface area contributed by atoms with Crippen LogP contribution in [0.4, 0.5) is 10.2 Å². The van der Waals surface area contributed by atoms with E-state index in [4.69, 9.17) is 10.3 Å². The number of nitrogens with zero attached hydrogens (tertiary/aromatic N) is 4. The minimum atomic E-state index is -0.337. The Bertz CT molecular complexity index is 873. The Hall–Kier alpha value is -2.80. The number of rotatable bonds is 3. The van der Waals surface area contributed by atoms with Gasteiger partial charge in [-0.2, -0.15) is 4.98 Å². The predicted octanol–water partition coefficient (Wildman–Crippen LogP) is 2.87. The van der Waals surface area contributed by atoms with Gasteiger partial charge < -0.3 is 15.2 Å². The second kappa shape index (κ2) is 6.60. The third-order valence-corrected chi connectivity index (χ3v) is 4.37. The van der Waals surface area contributed by atoms with E-state index in [0.29, 0.717) is 17.3 Å². The molecule has 1 aliphatic rings. The van der Waals surface area contributed by atoms with Gasteiger partial charge in [-0.15, -0.1) is 0 Å². The molecule has 0 unspecified atom stereocenters. The molecule has 0 aliphatic carbocycles. The Morgan fingerprint density at radius 1 is 1.16 bits per heavy atom. The van der Waals surface area contributed by atoms with Gasteiger partial charge in [0.2, 0.25) is 5.82 Å². The zero-order valence-corrected chi connectivity index (χ0v) is 13.6. The van der Waals surface area contributed by atoms with Crippen LogP contribution in [-0.2, 0) is 0 Å². The van der Waals surface area contributed by atoms with Crippen LogP contribution in [0.1, 0.15) is 12.8 Å². The molecule has 4 rings (SSSR count). The van der Waals surface area contributed by atoms with Crippen molar-refractivity contribution in [3.05, 3.63) is 48.4 Å². The lowest BCUT2D eigenvalue weighted by atomic mass is 10.1. The molecule has 128 valence electrons. The fourth-order valence-corrected chi connectivity index (χ4v) is 3.00. The van der Waals surface area contributed by atoms with E-state index in [1.807, 2.05) is 12.1 Å². The topological polar surface area (TPSA) is 81.1 Å². The van der Waals surface area contributed by atoms with E-state index < -0.39 is 0 Å². The lowest BCUT2D eigenvalue weighted by Gasteiger charge is -2.31. The molecule has 0 bridgehead atoms. The zero-order chi connectivity index (χ0) is 17.2. The fraction of sp³-hybridized carbons (Fsp3) is 0.278. The molecule has 0 atom stereocenters. The molecule has 3 aromatic rings. The van der Waals surface area contributed by atoms with Gasteiger partial charge in [0.15, 0.2) is 0 Å². The van der Waals surface area contributed by atoms with E-state index in [1.165, 1.54) is 12.1 Å². The van der Waals surface area contributed by atoms with Crippen molar-refractivity contribution in [2.24, 2.45) is 5.73 Å². The van der Waals surface area contributed by atoms with Crippen LogP contribution in [0.2, 0.25) is 0 Å². The summed E-state index contributed by atoms with van der Waals surface area (Å²) in [6.45, 7) is 1.69. The maximum absolute atomic E-state index is 13.4. The number of anilines is 1. The normalized spacial score (nSPS) is 15.5. The van der Waals surface area contributed by atoms with E-state index in [1.54, 1.807) is 18.3 Å². The van der Waals surface area contributed by atoms with Gasteiger partial charge in [-0.05, 0) is 37.1 Å². The number of aromatic nitrogens is 3. The van der Waals surface area contributed by atoms with E-state index in [0.717, 1.165) is 37.3 Å². The maximum Gasteiger partial charge on any atom is 0.261 e. The van der Waals surface area contributed by atoms with Crippen molar-refractivity contribution in [2.45, 2.75) is 18.9 Å². The summed E-state index contributed by atoms with van der Waals surface area (Å²) in [6.07, 6.45) is 3.60. The summed E-state index contributed by atoms with van der Waals surface area (Å²) in [6, 6.07) is 10.1. The van der Waals surface area contributed by atoms with Gasteiger partial charge in [0.1, 0.15) is 11.6 Å². The molecule has 0 radical (unpaired) electrons. The summed E-state index contributed by atoms with van der Waals surface area (Å²) in [5, 5.41) is 3.98. The highest BCUT2D eigenvalue weighted by Crippen LogP contribution is 2.30. The molecule has 6 nitrogen and oxygen atoms in total. The molecule has 7 heteroatoms. The Morgan fingerprint density at radius 3 is 2.80 bits per heavy atom. The highest BCUT2D eigenvalue weighted by Gasteiger charge is 2.22. The quantitative estimate of drug-likeness (QED) is 0.790. The van der Waals surface area contributed by atoms with Crippen LogP contribution >= 0.6 is 0 Å². The largest absolute Gasteiger partial charge is 0.356 e. The van der Waals surface area contributed by atoms with E-state index >= 15 is 0 Å². The predicted molar refractivity (Wildman–Crippen MR) is 92.3 cm³/mol. The average Bonchev–Trinajstić information content (AvgIpc) is 3.12. The highest BCUT2D eigenvalue weighted by atomic mass is 19.1. The van der Waals surface area contributed by atoms with Gasteiger partial charge in [-0.25, -0.2) is 9.37 Å². The summed E-state index contributed by atoms with van der Waals surface area (Å²) in [7, 11) is 0. The number of nitrogens with two attached hydrogens (primary N) is 1. The monoisotopic (exact) mass is 339 g/mol. The van der Waals surface area contributed by atoms with Gasteiger partial charge in [-0.1, -0.05) is 17.3 Å². The van der Waals surface area contributed by atoms with Crippen molar-refractivity contribution >= 4 is 5.82 Å².